The van der Waals surface area contributed by atoms with Crippen molar-refractivity contribution >= 4 is 6.09 Å². The molecular formula is C18H34N2O3. The minimum absolute atomic E-state index is 0.188. The van der Waals surface area contributed by atoms with Crippen molar-refractivity contribution in [2.75, 3.05) is 13.1 Å². The van der Waals surface area contributed by atoms with Gasteiger partial charge in [0.15, 0.2) is 0 Å². The van der Waals surface area contributed by atoms with Crippen molar-refractivity contribution in [3.63, 3.8) is 0 Å². The molecule has 0 aromatic rings. The van der Waals surface area contributed by atoms with E-state index in [1.165, 1.54) is 6.42 Å². The molecule has 5 heteroatoms. The van der Waals surface area contributed by atoms with E-state index in [2.05, 4.69) is 12.2 Å². The minimum atomic E-state index is -0.494. The van der Waals surface area contributed by atoms with Crippen LogP contribution < -0.4 is 5.32 Å². The molecule has 2 rings (SSSR count). The molecule has 2 atom stereocenters. The van der Waals surface area contributed by atoms with Gasteiger partial charge in [-0.2, -0.15) is 0 Å². The van der Waals surface area contributed by atoms with Crippen LogP contribution in [0.25, 0.3) is 0 Å². The summed E-state index contributed by atoms with van der Waals surface area (Å²) >= 11 is 0. The lowest BCUT2D eigenvalue weighted by Gasteiger charge is -2.40. The number of rotatable bonds is 5. The van der Waals surface area contributed by atoms with E-state index in [1.54, 1.807) is 0 Å². The molecule has 23 heavy (non-hydrogen) atoms. The van der Waals surface area contributed by atoms with E-state index in [-0.39, 0.29) is 18.2 Å². The van der Waals surface area contributed by atoms with Gasteiger partial charge in [0.2, 0.25) is 0 Å². The smallest absolute Gasteiger partial charge is 0.410 e. The number of likely N-dealkylation sites (tertiary alicyclic amines) is 1. The van der Waals surface area contributed by atoms with E-state index < -0.39 is 11.2 Å². The van der Waals surface area contributed by atoms with Gasteiger partial charge in [0.25, 0.3) is 0 Å². The third kappa shape index (κ3) is 5.64. The van der Waals surface area contributed by atoms with Gasteiger partial charge in [0.05, 0.1) is 5.60 Å². The number of carbonyl (C=O) groups excluding carboxylic acids is 1. The first-order valence-electron chi connectivity index (χ1n) is 9.14. The average molecular weight is 326 g/mol. The Balaban J connectivity index is 1.83. The number of nitrogens with zero attached hydrogens (tertiary/aromatic N) is 1. The second-order valence-corrected chi connectivity index (χ2v) is 8.42. The highest BCUT2D eigenvalue weighted by molar-refractivity contribution is 5.68. The molecule has 1 saturated heterocycles. The molecule has 134 valence electrons. The maximum Gasteiger partial charge on any atom is 0.410 e. The van der Waals surface area contributed by atoms with Crippen LogP contribution in [0.2, 0.25) is 0 Å². The standard InChI is InChI=1S/C18H34N2O3/c1-14(19-13-18(22)9-7-10-18)12-15-8-5-6-11-20(15)16(21)23-17(2,3)4/h14-15,19,22H,5-13H2,1-4H3. The first-order valence-corrected chi connectivity index (χ1v) is 9.14. The van der Waals surface area contributed by atoms with Gasteiger partial charge in [-0.05, 0) is 72.6 Å². The van der Waals surface area contributed by atoms with E-state index in [0.29, 0.717) is 6.54 Å². The monoisotopic (exact) mass is 326 g/mol. The van der Waals surface area contributed by atoms with E-state index in [0.717, 1.165) is 45.1 Å². The van der Waals surface area contributed by atoms with Crippen molar-refractivity contribution in [2.24, 2.45) is 0 Å². The van der Waals surface area contributed by atoms with Crippen molar-refractivity contribution in [2.45, 2.75) is 95.9 Å². The van der Waals surface area contributed by atoms with Crippen LogP contribution in [-0.4, -0.2) is 52.5 Å². The topological polar surface area (TPSA) is 61.8 Å². The lowest BCUT2D eigenvalue weighted by Crippen LogP contribution is -2.51. The summed E-state index contributed by atoms with van der Waals surface area (Å²) in [5.74, 6) is 0. The molecule has 1 aliphatic carbocycles. The largest absolute Gasteiger partial charge is 0.444 e. The summed E-state index contributed by atoms with van der Waals surface area (Å²) in [5.41, 5.74) is -0.942. The molecule has 5 nitrogen and oxygen atoms in total. The third-order valence-corrected chi connectivity index (χ3v) is 4.94. The Morgan fingerprint density at radius 2 is 2.04 bits per heavy atom. The van der Waals surface area contributed by atoms with Crippen LogP contribution in [0.15, 0.2) is 0 Å². The molecule has 1 amide bonds. The maximum atomic E-state index is 12.4. The Morgan fingerprint density at radius 1 is 1.35 bits per heavy atom. The van der Waals surface area contributed by atoms with Gasteiger partial charge in [0.1, 0.15) is 5.60 Å². The number of amides is 1. The van der Waals surface area contributed by atoms with Crippen molar-refractivity contribution in [1.82, 2.24) is 10.2 Å². The molecule has 0 spiro atoms. The highest BCUT2D eigenvalue weighted by Gasteiger charge is 2.35. The summed E-state index contributed by atoms with van der Waals surface area (Å²) in [6, 6.07) is 0.518. The molecule has 2 fully saturated rings. The van der Waals surface area contributed by atoms with Crippen molar-refractivity contribution < 1.29 is 14.6 Å². The highest BCUT2D eigenvalue weighted by Crippen LogP contribution is 2.31. The fourth-order valence-corrected chi connectivity index (χ4v) is 3.42. The Kier molecular flexibility index (Phi) is 5.95. The quantitative estimate of drug-likeness (QED) is 0.815. The SMILES string of the molecule is CC(CC1CCCCN1C(=O)OC(C)(C)C)NCC1(O)CCC1. The van der Waals surface area contributed by atoms with Crippen LogP contribution >= 0.6 is 0 Å². The minimum Gasteiger partial charge on any atom is -0.444 e. The van der Waals surface area contributed by atoms with Gasteiger partial charge >= 0.3 is 6.09 Å². The number of hydrogen-bond acceptors (Lipinski definition) is 4. The number of ether oxygens (including phenoxy) is 1. The fraction of sp³-hybridized carbons (Fsp3) is 0.944. The zero-order valence-corrected chi connectivity index (χ0v) is 15.2. The van der Waals surface area contributed by atoms with Gasteiger partial charge in [-0.1, -0.05) is 0 Å². The zero-order valence-electron chi connectivity index (χ0n) is 15.2. The number of aliphatic hydroxyl groups is 1. The van der Waals surface area contributed by atoms with Crippen molar-refractivity contribution in [3.05, 3.63) is 0 Å². The molecular weight excluding hydrogens is 292 g/mol. The molecule has 2 N–H and O–H groups in total. The van der Waals surface area contributed by atoms with Crippen LogP contribution in [0.4, 0.5) is 4.79 Å². The predicted octanol–water partition coefficient (Wildman–Crippen LogP) is 3.06. The van der Waals surface area contributed by atoms with E-state index in [4.69, 9.17) is 4.74 Å². The van der Waals surface area contributed by atoms with Gasteiger partial charge < -0.3 is 20.1 Å². The zero-order chi connectivity index (χ0) is 17.1. The normalized spacial score (nSPS) is 25.6. The predicted molar refractivity (Wildman–Crippen MR) is 91.5 cm³/mol. The van der Waals surface area contributed by atoms with E-state index >= 15 is 0 Å². The first kappa shape index (κ1) is 18.5. The summed E-state index contributed by atoms with van der Waals surface area (Å²) in [5, 5.41) is 13.6. The molecule has 0 bridgehead atoms. The molecule has 1 heterocycles. The molecule has 1 saturated carbocycles. The van der Waals surface area contributed by atoms with Gasteiger partial charge in [-0.25, -0.2) is 4.79 Å². The number of nitrogens with one attached hydrogen (secondary N) is 1. The molecule has 1 aliphatic heterocycles. The summed E-state index contributed by atoms with van der Waals surface area (Å²) in [6.07, 6.45) is 6.91. The van der Waals surface area contributed by atoms with Crippen LogP contribution in [0.1, 0.15) is 72.6 Å². The molecule has 0 radical (unpaired) electrons. The number of hydrogen-bond donors (Lipinski definition) is 2. The third-order valence-electron chi connectivity index (χ3n) is 4.94. The Labute approximate surface area is 140 Å². The first-order chi connectivity index (χ1) is 10.7. The lowest BCUT2D eigenvalue weighted by molar-refractivity contribution is -0.0340. The summed E-state index contributed by atoms with van der Waals surface area (Å²) < 4.78 is 5.56. The summed E-state index contributed by atoms with van der Waals surface area (Å²) in [7, 11) is 0. The number of piperidine rings is 1. The maximum absolute atomic E-state index is 12.4. The molecule has 2 unspecified atom stereocenters. The summed E-state index contributed by atoms with van der Waals surface area (Å²) in [4.78, 5) is 14.3. The fourth-order valence-electron chi connectivity index (χ4n) is 3.42. The highest BCUT2D eigenvalue weighted by atomic mass is 16.6. The molecule has 0 aromatic carbocycles. The molecule has 0 aromatic heterocycles. The van der Waals surface area contributed by atoms with E-state index in [1.807, 2.05) is 25.7 Å². The second-order valence-electron chi connectivity index (χ2n) is 8.42. The second kappa shape index (κ2) is 7.39. The Bertz CT molecular complexity index is 402. The van der Waals surface area contributed by atoms with Crippen LogP contribution in [0.3, 0.4) is 0 Å². The number of carbonyl (C=O) groups is 1. The Hall–Kier alpha value is -0.810. The van der Waals surface area contributed by atoms with Crippen molar-refractivity contribution in [3.8, 4) is 0 Å². The average Bonchev–Trinajstić information content (AvgIpc) is 2.42. The Morgan fingerprint density at radius 3 is 2.61 bits per heavy atom. The van der Waals surface area contributed by atoms with Crippen LogP contribution in [-0.2, 0) is 4.74 Å². The van der Waals surface area contributed by atoms with Crippen LogP contribution in [0, 0.1) is 0 Å². The van der Waals surface area contributed by atoms with Gasteiger partial charge in [-0.3, -0.25) is 0 Å². The van der Waals surface area contributed by atoms with Gasteiger partial charge in [-0.15, -0.1) is 0 Å². The molecule has 2 aliphatic rings. The van der Waals surface area contributed by atoms with Gasteiger partial charge in [0, 0.05) is 25.2 Å². The lowest BCUT2D eigenvalue weighted by atomic mass is 9.80. The van der Waals surface area contributed by atoms with Crippen LogP contribution in [0.5, 0.6) is 0 Å². The summed E-state index contributed by atoms with van der Waals surface area (Å²) in [6.45, 7) is 9.32. The van der Waals surface area contributed by atoms with Crippen molar-refractivity contribution in [1.29, 1.82) is 0 Å². The van der Waals surface area contributed by atoms with E-state index in [9.17, 15) is 9.90 Å².